The minimum atomic E-state index is -0.837. The van der Waals surface area contributed by atoms with Crippen molar-refractivity contribution in [3.05, 3.63) is 78.4 Å². The summed E-state index contributed by atoms with van der Waals surface area (Å²) in [5.74, 6) is 1.56. The second-order valence-electron chi connectivity index (χ2n) is 8.50. The molecular formula is C29H30O7. The Morgan fingerprint density at radius 2 is 1.39 bits per heavy atom. The number of hydrogen-bond acceptors (Lipinski definition) is 7. The van der Waals surface area contributed by atoms with Crippen molar-refractivity contribution in [2.45, 2.75) is 25.6 Å². The Labute approximate surface area is 209 Å². The summed E-state index contributed by atoms with van der Waals surface area (Å²) in [5.41, 5.74) is 0.485. The number of fused-ring (bicyclic) bond motifs is 2. The first kappa shape index (κ1) is 25.3. The van der Waals surface area contributed by atoms with Gasteiger partial charge in [0.15, 0.2) is 0 Å². The van der Waals surface area contributed by atoms with Crippen LogP contribution in [0.5, 0.6) is 17.2 Å². The van der Waals surface area contributed by atoms with Gasteiger partial charge in [-0.25, -0.2) is 4.79 Å². The zero-order valence-electron chi connectivity index (χ0n) is 20.3. The van der Waals surface area contributed by atoms with Gasteiger partial charge in [-0.2, -0.15) is 0 Å². The van der Waals surface area contributed by atoms with E-state index < -0.39 is 12.2 Å². The molecule has 0 saturated carbocycles. The van der Waals surface area contributed by atoms with Crippen molar-refractivity contribution in [2.75, 3.05) is 26.9 Å². The second-order valence-corrected chi connectivity index (χ2v) is 8.50. The van der Waals surface area contributed by atoms with Crippen molar-refractivity contribution in [1.29, 1.82) is 0 Å². The van der Waals surface area contributed by atoms with Crippen molar-refractivity contribution >= 4 is 27.5 Å². The lowest BCUT2D eigenvalue weighted by atomic mass is 10.1. The van der Waals surface area contributed by atoms with E-state index in [-0.39, 0.29) is 25.8 Å². The SMILES string of the molecule is CCC(O)COc1ccc2c(OCC(O)COc3ccc4cc(C(=O)OC)ccc4c3)cccc2c1. The van der Waals surface area contributed by atoms with Crippen LogP contribution in [0.2, 0.25) is 0 Å². The maximum absolute atomic E-state index is 11.7. The van der Waals surface area contributed by atoms with Gasteiger partial charge in [-0.1, -0.05) is 31.2 Å². The zero-order chi connectivity index (χ0) is 25.5. The molecule has 4 aromatic rings. The molecule has 4 rings (SSSR count). The van der Waals surface area contributed by atoms with E-state index in [0.717, 1.165) is 21.5 Å². The van der Waals surface area contributed by atoms with Gasteiger partial charge in [0.25, 0.3) is 0 Å². The number of aliphatic hydroxyl groups excluding tert-OH is 2. The topological polar surface area (TPSA) is 94.5 Å². The summed E-state index contributed by atoms with van der Waals surface area (Å²) in [6.07, 6.45) is -0.694. The average molecular weight is 491 g/mol. The van der Waals surface area contributed by atoms with Crippen LogP contribution in [0.25, 0.3) is 21.5 Å². The first-order valence-corrected chi connectivity index (χ1v) is 11.9. The summed E-state index contributed by atoms with van der Waals surface area (Å²) < 4.78 is 22.1. The van der Waals surface area contributed by atoms with Gasteiger partial charge in [0.05, 0.1) is 18.8 Å². The van der Waals surface area contributed by atoms with Crippen LogP contribution in [0.15, 0.2) is 72.8 Å². The lowest BCUT2D eigenvalue weighted by molar-refractivity contribution is 0.0600. The van der Waals surface area contributed by atoms with Crippen LogP contribution in [0.1, 0.15) is 23.7 Å². The summed E-state index contributed by atoms with van der Waals surface area (Å²) in [5, 5.41) is 23.8. The number of esters is 1. The molecule has 7 heteroatoms. The molecular weight excluding hydrogens is 460 g/mol. The van der Waals surface area contributed by atoms with E-state index in [1.807, 2.05) is 61.5 Å². The lowest BCUT2D eigenvalue weighted by Crippen LogP contribution is -2.25. The van der Waals surface area contributed by atoms with E-state index in [4.69, 9.17) is 18.9 Å². The summed E-state index contributed by atoms with van der Waals surface area (Å²) in [7, 11) is 1.35. The fraction of sp³-hybridized carbons (Fsp3) is 0.276. The molecule has 2 atom stereocenters. The van der Waals surface area contributed by atoms with E-state index in [2.05, 4.69) is 0 Å². The fourth-order valence-corrected chi connectivity index (χ4v) is 3.74. The number of carbonyl (C=O) groups excluding carboxylic acids is 1. The van der Waals surface area contributed by atoms with Crippen molar-refractivity contribution in [1.82, 2.24) is 0 Å². The van der Waals surface area contributed by atoms with Gasteiger partial charge in [-0.3, -0.25) is 0 Å². The highest BCUT2D eigenvalue weighted by atomic mass is 16.5. The van der Waals surface area contributed by atoms with Gasteiger partial charge in [0.1, 0.15) is 43.2 Å². The third kappa shape index (κ3) is 6.24. The van der Waals surface area contributed by atoms with Gasteiger partial charge < -0.3 is 29.2 Å². The monoisotopic (exact) mass is 490 g/mol. The predicted octanol–water partition coefficient (Wildman–Crippen LogP) is 4.75. The molecule has 36 heavy (non-hydrogen) atoms. The molecule has 4 aromatic carbocycles. The van der Waals surface area contributed by atoms with Crippen LogP contribution in [-0.4, -0.2) is 55.3 Å². The molecule has 0 radical (unpaired) electrons. The van der Waals surface area contributed by atoms with Crippen LogP contribution in [0.3, 0.4) is 0 Å². The van der Waals surface area contributed by atoms with Crippen LogP contribution < -0.4 is 14.2 Å². The Morgan fingerprint density at radius 3 is 2.14 bits per heavy atom. The number of hydrogen-bond donors (Lipinski definition) is 2. The summed E-state index contributed by atoms with van der Waals surface area (Å²) in [6, 6.07) is 22.1. The van der Waals surface area contributed by atoms with Crippen molar-refractivity contribution in [3.8, 4) is 17.2 Å². The molecule has 0 bridgehead atoms. The number of methoxy groups -OCH3 is 1. The average Bonchev–Trinajstić information content (AvgIpc) is 2.92. The van der Waals surface area contributed by atoms with E-state index in [1.54, 1.807) is 18.2 Å². The largest absolute Gasteiger partial charge is 0.491 e. The van der Waals surface area contributed by atoms with E-state index in [0.29, 0.717) is 29.2 Å². The summed E-state index contributed by atoms with van der Waals surface area (Å²) in [4.78, 5) is 11.7. The molecule has 0 aliphatic heterocycles. The normalized spacial score (nSPS) is 12.8. The molecule has 188 valence electrons. The Kier molecular flexibility index (Phi) is 8.25. The third-order valence-electron chi connectivity index (χ3n) is 5.83. The zero-order valence-corrected chi connectivity index (χ0v) is 20.3. The van der Waals surface area contributed by atoms with E-state index >= 15 is 0 Å². The highest BCUT2D eigenvalue weighted by Gasteiger charge is 2.11. The van der Waals surface area contributed by atoms with E-state index in [9.17, 15) is 15.0 Å². The van der Waals surface area contributed by atoms with Crippen LogP contribution in [-0.2, 0) is 4.74 Å². The number of benzene rings is 4. The highest BCUT2D eigenvalue weighted by Crippen LogP contribution is 2.29. The Hall–Kier alpha value is -3.81. The number of carbonyl (C=O) groups is 1. The van der Waals surface area contributed by atoms with Crippen molar-refractivity contribution in [3.63, 3.8) is 0 Å². The number of ether oxygens (including phenoxy) is 4. The maximum Gasteiger partial charge on any atom is 0.337 e. The van der Waals surface area contributed by atoms with Gasteiger partial charge >= 0.3 is 5.97 Å². The predicted molar refractivity (Wildman–Crippen MR) is 138 cm³/mol. The minimum absolute atomic E-state index is 0.0638. The maximum atomic E-state index is 11.7. The summed E-state index contributed by atoms with van der Waals surface area (Å²) in [6.45, 7) is 2.28. The summed E-state index contributed by atoms with van der Waals surface area (Å²) >= 11 is 0. The minimum Gasteiger partial charge on any atom is -0.491 e. The Balaban J connectivity index is 1.33. The molecule has 0 saturated heterocycles. The molecule has 2 N–H and O–H groups in total. The quantitative estimate of drug-likeness (QED) is 0.293. The molecule has 0 aromatic heterocycles. The third-order valence-corrected chi connectivity index (χ3v) is 5.83. The molecule has 0 aliphatic rings. The van der Waals surface area contributed by atoms with Gasteiger partial charge in [-0.15, -0.1) is 0 Å². The number of aliphatic hydroxyl groups is 2. The van der Waals surface area contributed by atoms with Crippen LogP contribution in [0.4, 0.5) is 0 Å². The van der Waals surface area contributed by atoms with Crippen molar-refractivity contribution < 1.29 is 34.0 Å². The molecule has 0 aliphatic carbocycles. The van der Waals surface area contributed by atoms with Gasteiger partial charge in [0.2, 0.25) is 0 Å². The highest BCUT2D eigenvalue weighted by molar-refractivity contribution is 5.95. The first-order valence-electron chi connectivity index (χ1n) is 11.9. The standard InChI is InChI=1S/C29H30O7/c1-3-23(30)16-34-26-11-12-27-21(15-26)5-4-6-28(27)36-18-24(31)17-35-25-10-9-19-13-22(29(32)33-2)8-7-20(19)14-25/h4-15,23-24,30-31H,3,16-18H2,1-2H3. The number of rotatable bonds is 11. The molecule has 0 spiro atoms. The fourth-order valence-electron chi connectivity index (χ4n) is 3.74. The van der Waals surface area contributed by atoms with Crippen molar-refractivity contribution in [2.24, 2.45) is 0 Å². The molecule has 0 heterocycles. The van der Waals surface area contributed by atoms with Crippen LogP contribution >= 0.6 is 0 Å². The first-order chi connectivity index (χ1) is 17.5. The van der Waals surface area contributed by atoms with Gasteiger partial charge in [-0.05, 0) is 71.1 Å². The molecule has 0 fully saturated rings. The molecule has 2 unspecified atom stereocenters. The molecule has 0 amide bonds. The Morgan fingerprint density at radius 1 is 0.750 bits per heavy atom. The second kappa shape index (κ2) is 11.7. The van der Waals surface area contributed by atoms with Crippen LogP contribution in [0, 0.1) is 0 Å². The lowest BCUT2D eigenvalue weighted by Gasteiger charge is -2.16. The van der Waals surface area contributed by atoms with Gasteiger partial charge in [0, 0.05) is 5.39 Å². The smallest absolute Gasteiger partial charge is 0.337 e. The molecule has 7 nitrogen and oxygen atoms in total. The van der Waals surface area contributed by atoms with E-state index in [1.165, 1.54) is 7.11 Å². The Bertz CT molecular complexity index is 1330.